The molecule has 22 heteroatoms. The van der Waals surface area contributed by atoms with Crippen LogP contribution < -0.4 is 0 Å². The standard InChI is InChI=1S/C26H8Cl16N2O4/c27-9-3(1-43-17(45)5-6(18(43)46)22(36)14(32)13(31)21(5,35)25(22,39)40)10(28)12(30)4(11(9)29)2-44-19(47)7-8(20(44)48)24(38)16(34)15(33)23(7,37)26(24,41)42/h45-48H,1-2H2. The first-order valence-corrected chi connectivity index (χ1v) is 18.7. The van der Waals surface area contributed by atoms with E-state index in [-0.39, 0.29) is 73.6 Å². The summed E-state index contributed by atoms with van der Waals surface area (Å²) in [6, 6.07) is 0. The van der Waals surface area contributed by atoms with Gasteiger partial charge in [-0.2, -0.15) is 0 Å². The summed E-state index contributed by atoms with van der Waals surface area (Å²) in [4.78, 5) is -8.20. The molecular weight excluding hydrogens is 972 g/mol. The van der Waals surface area contributed by atoms with Gasteiger partial charge in [0.15, 0.2) is 32.2 Å². The molecule has 0 spiro atoms. The summed E-state index contributed by atoms with van der Waals surface area (Å²) in [6.45, 7) is -0.939. The van der Waals surface area contributed by atoms with Gasteiger partial charge in [0.25, 0.3) is 0 Å². The van der Waals surface area contributed by atoms with E-state index in [4.69, 9.17) is 186 Å². The van der Waals surface area contributed by atoms with Gasteiger partial charge in [-0.3, -0.25) is 9.13 Å². The minimum atomic E-state index is -2.12. The van der Waals surface area contributed by atoms with Crippen molar-refractivity contribution < 1.29 is 20.4 Å². The SMILES string of the molecule is Oc1c2c(c(O)n1Cc1c(Cl)c(Cl)c(Cn3c(O)c4c(c3O)C3(Cl)C(Cl)=C(Cl)C4(Cl)C3(Cl)Cl)c(Cl)c1Cl)C1(Cl)C(Cl)=C(Cl)C2(Cl)C1(Cl)Cl. The maximum atomic E-state index is 11.3. The predicted octanol–water partition coefficient (Wildman–Crippen LogP) is 12.3. The van der Waals surface area contributed by atoms with E-state index in [1.807, 2.05) is 0 Å². The third-order valence-electron chi connectivity index (χ3n) is 9.20. The Bertz CT molecular complexity index is 1870. The Labute approximate surface area is 349 Å². The largest absolute Gasteiger partial charge is 0.494 e. The van der Waals surface area contributed by atoms with Crippen LogP contribution in [0.25, 0.3) is 0 Å². The summed E-state index contributed by atoms with van der Waals surface area (Å²) in [5.74, 6) is -2.58. The van der Waals surface area contributed by atoms with Crippen molar-refractivity contribution >= 4 is 186 Å². The second-order valence-corrected chi connectivity index (χ2v) is 19.2. The van der Waals surface area contributed by atoms with E-state index in [9.17, 15) is 20.4 Å². The number of fused-ring (bicyclic) bond motifs is 10. The maximum absolute atomic E-state index is 11.3. The van der Waals surface area contributed by atoms with Gasteiger partial charge in [-0.05, 0) is 0 Å². The molecule has 4 N–H and O–H groups in total. The first-order chi connectivity index (χ1) is 21.9. The van der Waals surface area contributed by atoms with Crippen LogP contribution in [-0.2, 0) is 32.6 Å². The molecule has 0 saturated carbocycles. The van der Waals surface area contributed by atoms with Crippen LogP contribution in [0.3, 0.4) is 0 Å². The number of benzene rings is 1. The molecule has 0 radical (unpaired) electrons. The highest BCUT2D eigenvalue weighted by Gasteiger charge is 2.81. The van der Waals surface area contributed by atoms with Gasteiger partial charge >= 0.3 is 0 Å². The van der Waals surface area contributed by atoms with E-state index < -0.39 is 64.8 Å². The Hall–Kier alpha value is 1.10. The van der Waals surface area contributed by atoms with Crippen molar-refractivity contribution in [3.63, 3.8) is 0 Å². The van der Waals surface area contributed by atoms with Crippen LogP contribution in [0, 0.1) is 0 Å². The van der Waals surface area contributed by atoms with Gasteiger partial charge < -0.3 is 20.4 Å². The quantitative estimate of drug-likeness (QED) is 0.155. The van der Waals surface area contributed by atoms with Crippen molar-refractivity contribution in [2.24, 2.45) is 0 Å². The molecule has 2 aromatic heterocycles. The second-order valence-electron chi connectivity index (χ2n) is 11.2. The molecule has 0 amide bonds. The minimum absolute atomic E-state index is 0.00171. The van der Waals surface area contributed by atoms with Gasteiger partial charge in [0.1, 0.15) is 19.5 Å². The summed E-state index contributed by atoms with van der Waals surface area (Å²) in [5, 5.41) is 43.5. The fraction of sp³-hybridized carbons (Fsp3) is 0.308. The van der Waals surface area contributed by atoms with Crippen molar-refractivity contribution in [2.45, 2.75) is 41.3 Å². The molecule has 48 heavy (non-hydrogen) atoms. The van der Waals surface area contributed by atoms with E-state index in [0.717, 1.165) is 9.13 Å². The molecule has 1 aromatic carbocycles. The molecule has 6 nitrogen and oxygen atoms in total. The number of rotatable bonds is 4. The Morgan fingerprint density at radius 2 is 0.562 bits per heavy atom. The third-order valence-corrected chi connectivity index (χ3v) is 19.2. The predicted molar refractivity (Wildman–Crippen MR) is 197 cm³/mol. The lowest BCUT2D eigenvalue weighted by Gasteiger charge is -2.32. The molecule has 0 aliphatic heterocycles. The first-order valence-electron chi connectivity index (χ1n) is 12.7. The smallest absolute Gasteiger partial charge is 0.200 e. The molecule has 4 aliphatic rings. The highest BCUT2D eigenvalue weighted by molar-refractivity contribution is 6.67. The van der Waals surface area contributed by atoms with Crippen LogP contribution >= 0.6 is 186 Å². The van der Waals surface area contributed by atoms with Gasteiger partial charge in [-0.1, -0.05) is 139 Å². The minimum Gasteiger partial charge on any atom is -0.494 e. The van der Waals surface area contributed by atoms with Crippen LogP contribution in [-0.4, -0.2) is 38.2 Å². The monoisotopic (exact) mass is 972 g/mol. The number of allylic oxidation sites excluding steroid dienone is 4. The lowest BCUT2D eigenvalue weighted by Crippen LogP contribution is -2.40. The number of halogens is 16. The molecule has 4 atom stereocenters. The molecule has 3 aromatic rings. The average molecular weight is 980 g/mol. The Balaban J connectivity index is 1.32. The molecule has 0 saturated heterocycles. The van der Waals surface area contributed by atoms with Crippen LogP contribution in [0.2, 0.25) is 20.1 Å². The van der Waals surface area contributed by atoms with E-state index in [1.165, 1.54) is 0 Å². The van der Waals surface area contributed by atoms with E-state index in [0.29, 0.717) is 0 Å². The van der Waals surface area contributed by atoms with Crippen molar-refractivity contribution in [1.29, 1.82) is 0 Å². The topological polar surface area (TPSA) is 90.8 Å². The van der Waals surface area contributed by atoms with Crippen LogP contribution in [0.4, 0.5) is 0 Å². The number of aromatic nitrogens is 2. The molecule has 4 unspecified atom stereocenters. The average Bonchev–Trinajstić information content (AvgIpc) is 3.59. The molecule has 4 aliphatic carbocycles. The Kier molecular flexibility index (Phi) is 8.47. The molecular formula is C26H8Cl16N2O4. The summed E-state index contributed by atoms with van der Waals surface area (Å²) >= 11 is 106. The lowest BCUT2D eigenvalue weighted by atomic mass is 10.00. The number of hydrogen-bond acceptors (Lipinski definition) is 4. The van der Waals surface area contributed by atoms with Gasteiger partial charge in [-0.15, -0.1) is 46.4 Å². The van der Waals surface area contributed by atoms with Crippen LogP contribution in [0.15, 0.2) is 20.1 Å². The Morgan fingerprint density at radius 3 is 0.750 bits per heavy atom. The molecule has 258 valence electrons. The number of aromatic hydroxyl groups is 4. The van der Waals surface area contributed by atoms with E-state index >= 15 is 0 Å². The summed E-state index contributed by atoms with van der Waals surface area (Å²) in [5.41, 5.74) is -0.776. The molecule has 0 fully saturated rings. The number of nitrogens with zero attached hydrogens (tertiary/aromatic N) is 2. The van der Waals surface area contributed by atoms with E-state index in [1.54, 1.807) is 0 Å². The van der Waals surface area contributed by atoms with Crippen LogP contribution in [0.5, 0.6) is 23.5 Å². The zero-order valence-corrected chi connectivity index (χ0v) is 34.2. The summed E-state index contributed by atoms with van der Waals surface area (Å²) in [6.07, 6.45) is 0. The molecule has 7 rings (SSSR count). The second kappa shape index (κ2) is 10.9. The molecule has 4 bridgehead atoms. The zero-order chi connectivity index (χ0) is 36.0. The van der Waals surface area contributed by atoms with Gasteiger partial charge in [0.2, 0.25) is 0 Å². The fourth-order valence-electron chi connectivity index (χ4n) is 6.81. The fourth-order valence-corrected chi connectivity index (χ4v) is 13.3. The normalized spacial score (nSPS) is 30.7. The van der Waals surface area contributed by atoms with Crippen molar-refractivity contribution in [1.82, 2.24) is 9.13 Å². The van der Waals surface area contributed by atoms with Crippen molar-refractivity contribution in [3.8, 4) is 23.5 Å². The van der Waals surface area contributed by atoms with Gasteiger partial charge in [-0.25, -0.2) is 0 Å². The van der Waals surface area contributed by atoms with Crippen molar-refractivity contribution in [3.05, 3.63) is 73.6 Å². The number of hydrogen-bond donors (Lipinski definition) is 4. The zero-order valence-electron chi connectivity index (χ0n) is 22.1. The molecule has 2 heterocycles. The lowest BCUT2D eigenvalue weighted by molar-refractivity contribution is 0.365. The van der Waals surface area contributed by atoms with Gasteiger partial charge in [0.05, 0.1) is 75.6 Å². The summed E-state index contributed by atoms with van der Waals surface area (Å²) < 4.78 is -2.36. The first kappa shape index (κ1) is 37.4. The van der Waals surface area contributed by atoms with Crippen LogP contribution in [0.1, 0.15) is 33.4 Å². The van der Waals surface area contributed by atoms with E-state index in [2.05, 4.69) is 0 Å². The summed E-state index contributed by atoms with van der Waals surface area (Å²) in [7, 11) is 0. The highest BCUT2D eigenvalue weighted by atomic mass is 35.5. The van der Waals surface area contributed by atoms with Crippen molar-refractivity contribution in [2.75, 3.05) is 0 Å². The number of alkyl halides is 8. The third kappa shape index (κ3) is 3.67. The van der Waals surface area contributed by atoms with Gasteiger partial charge in [0, 0.05) is 11.1 Å². The maximum Gasteiger partial charge on any atom is 0.200 e. The Morgan fingerprint density at radius 1 is 0.375 bits per heavy atom. The highest BCUT2D eigenvalue weighted by Crippen LogP contribution is 2.81.